The van der Waals surface area contributed by atoms with E-state index >= 15 is 0 Å². The number of halogens is 2. The van der Waals surface area contributed by atoms with E-state index in [2.05, 4.69) is 21.0 Å². The van der Waals surface area contributed by atoms with Crippen molar-refractivity contribution >= 4 is 15.9 Å². The molecule has 1 atom stereocenters. The zero-order valence-corrected chi connectivity index (χ0v) is 13.8. The van der Waals surface area contributed by atoms with Gasteiger partial charge in [-0.05, 0) is 41.4 Å². The van der Waals surface area contributed by atoms with Crippen molar-refractivity contribution in [1.82, 2.24) is 9.78 Å². The zero-order chi connectivity index (χ0) is 15.6. The summed E-state index contributed by atoms with van der Waals surface area (Å²) in [5.74, 6) is -0.0520. The van der Waals surface area contributed by atoms with Gasteiger partial charge in [0, 0.05) is 18.7 Å². The number of aliphatic hydroxyl groups excluding tert-OH is 1. The standard InChI is InChI=1S/C15H18BrFN2O2/c1-4-12-15(16)13(19(3)18-12)8-21-14-7-10(17)5-6-11(14)9(2)20/h5-7,9,20H,4,8H2,1-3H3/t9-/m1/s1. The maximum Gasteiger partial charge on any atom is 0.131 e. The molecule has 0 saturated carbocycles. The molecule has 0 amide bonds. The van der Waals surface area contributed by atoms with Crippen LogP contribution in [0.5, 0.6) is 5.75 Å². The quantitative estimate of drug-likeness (QED) is 0.891. The fourth-order valence-electron chi connectivity index (χ4n) is 2.10. The van der Waals surface area contributed by atoms with Gasteiger partial charge in [-0.2, -0.15) is 5.10 Å². The van der Waals surface area contributed by atoms with Crippen LogP contribution < -0.4 is 4.74 Å². The molecule has 0 unspecified atom stereocenters. The topological polar surface area (TPSA) is 47.3 Å². The Bertz CT molecular complexity index is 641. The Morgan fingerprint density at radius 2 is 2.19 bits per heavy atom. The van der Waals surface area contributed by atoms with Crippen LogP contribution in [0, 0.1) is 5.82 Å². The van der Waals surface area contributed by atoms with Gasteiger partial charge in [-0.3, -0.25) is 4.68 Å². The molecule has 0 radical (unpaired) electrons. The summed E-state index contributed by atoms with van der Waals surface area (Å²) in [6.45, 7) is 3.89. The van der Waals surface area contributed by atoms with Gasteiger partial charge in [0.05, 0.1) is 22.0 Å². The number of ether oxygens (including phenoxy) is 1. The summed E-state index contributed by atoms with van der Waals surface area (Å²) < 4.78 is 21.7. The highest BCUT2D eigenvalue weighted by Gasteiger charge is 2.15. The first-order valence-corrected chi connectivity index (χ1v) is 7.53. The molecular formula is C15H18BrFN2O2. The van der Waals surface area contributed by atoms with E-state index in [1.165, 1.54) is 18.2 Å². The lowest BCUT2D eigenvalue weighted by molar-refractivity contribution is 0.189. The van der Waals surface area contributed by atoms with Crippen molar-refractivity contribution in [3.8, 4) is 5.75 Å². The third kappa shape index (κ3) is 3.44. The van der Waals surface area contributed by atoms with Gasteiger partial charge in [-0.25, -0.2) is 4.39 Å². The van der Waals surface area contributed by atoms with Crippen LogP contribution in [0.15, 0.2) is 22.7 Å². The molecule has 2 aromatic rings. The Morgan fingerprint density at radius 1 is 1.48 bits per heavy atom. The zero-order valence-electron chi connectivity index (χ0n) is 12.2. The normalized spacial score (nSPS) is 12.5. The lowest BCUT2D eigenvalue weighted by Gasteiger charge is -2.14. The largest absolute Gasteiger partial charge is 0.487 e. The minimum atomic E-state index is -0.721. The van der Waals surface area contributed by atoms with Crippen LogP contribution in [0.3, 0.4) is 0 Å². The molecule has 2 rings (SSSR count). The van der Waals surface area contributed by atoms with Crippen molar-refractivity contribution in [2.24, 2.45) is 7.05 Å². The lowest BCUT2D eigenvalue weighted by Crippen LogP contribution is -2.06. The Hall–Kier alpha value is -1.40. The Balaban J connectivity index is 2.24. The summed E-state index contributed by atoms with van der Waals surface area (Å²) >= 11 is 3.51. The third-order valence-electron chi connectivity index (χ3n) is 3.29. The van der Waals surface area contributed by atoms with Crippen molar-refractivity contribution in [3.05, 3.63) is 45.4 Å². The van der Waals surface area contributed by atoms with Crippen molar-refractivity contribution in [1.29, 1.82) is 0 Å². The average Bonchev–Trinajstić information content (AvgIpc) is 2.71. The minimum Gasteiger partial charge on any atom is -0.487 e. The van der Waals surface area contributed by atoms with Crippen molar-refractivity contribution in [2.75, 3.05) is 0 Å². The Labute approximate surface area is 131 Å². The number of nitrogens with zero attached hydrogens (tertiary/aromatic N) is 2. The molecule has 6 heteroatoms. The number of benzene rings is 1. The first-order chi connectivity index (χ1) is 9.93. The monoisotopic (exact) mass is 356 g/mol. The molecule has 4 nitrogen and oxygen atoms in total. The van der Waals surface area contributed by atoms with E-state index in [9.17, 15) is 9.50 Å². The predicted octanol–water partition coefficient (Wildman–Crippen LogP) is 3.52. The highest BCUT2D eigenvalue weighted by Crippen LogP contribution is 2.28. The molecule has 1 heterocycles. The molecule has 0 saturated heterocycles. The van der Waals surface area contributed by atoms with Gasteiger partial charge in [0.1, 0.15) is 18.2 Å². The SMILES string of the molecule is CCc1nn(C)c(COc2cc(F)ccc2[C@@H](C)O)c1Br. The molecule has 0 aliphatic heterocycles. The van der Waals surface area contributed by atoms with Crippen LogP contribution >= 0.6 is 15.9 Å². The maximum absolute atomic E-state index is 13.4. The van der Waals surface area contributed by atoms with Crippen molar-refractivity contribution in [2.45, 2.75) is 33.0 Å². The van der Waals surface area contributed by atoms with E-state index < -0.39 is 11.9 Å². The lowest BCUT2D eigenvalue weighted by atomic mass is 10.1. The molecule has 0 aliphatic rings. The second kappa shape index (κ2) is 6.58. The van der Waals surface area contributed by atoms with Crippen LogP contribution in [0.25, 0.3) is 0 Å². The molecule has 1 aromatic carbocycles. The fourth-order valence-corrected chi connectivity index (χ4v) is 2.83. The first-order valence-electron chi connectivity index (χ1n) is 6.74. The van der Waals surface area contributed by atoms with E-state index in [1.807, 2.05) is 14.0 Å². The maximum atomic E-state index is 13.4. The van der Waals surface area contributed by atoms with E-state index in [0.717, 1.165) is 22.3 Å². The number of rotatable bonds is 5. The van der Waals surface area contributed by atoms with Gasteiger partial charge in [0.15, 0.2) is 0 Å². The fraction of sp³-hybridized carbons (Fsp3) is 0.400. The Morgan fingerprint density at radius 3 is 2.76 bits per heavy atom. The summed E-state index contributed by atoms with van der Waals surface area (Å²) in [7, 11) is 1.84. The van der Waals surface area contributed by atoms with Gasteiger partial charge in [0.2, 0.25) is 0 Å². The van der Waals surface area contributed by atoms with Gasteiger partial charge < -0.3 is 9.84 Å². The van der Waals surface area contributed by atoms with Crippen LogP contribution in [0.4, 0.5) is 4.39 Å². The second-order valence-corrected chi connectivity index (χ2v) is 5.62. The minimum absolute atomic E-state index is 0.243. The number of aliphatic hydroxyl groups is 1. The van der Waals surface area contributed by atoms with Crippen molar-refractivity contribution in [3.63, 3.8) is 0 Å². The summed E-state index contributed by atoms with van der Waals surface area (Å²) in [5, 5.41) is 14.1. The molecule has 1 aromatic heterocycles. The number of aryl methyl sites for hydroxylation is 2. The van der Waals surface area contributed by atoms with Crippen LogP contribution in [0.1, 0.15) is 36.9 Å². The van der Waals surface area contributed by atoms with Crippen LogP contribution in [0.2, 0.25) is 0 Å². The molecule has 114 valence electrons. The third-order valence-corrected chi connectivity index (χ3v) is 4.21. The van der Waals surface area contributed by atoms with Crippen molar-refractivity contribution < 1.29 is 14.2 Å². The highest BCUT2D eigenvalue weighted by atomic mass is 79.9. The summed E-state index contributed by atoms with van der Waals surface area (Å²) in [6, 6.07) is 4.13. The highest BCUT2D eigenvalue weighted by molar-refractivity contribution is 9.10. The average molecular weight is 357 g/mol. The molecule has 0 aliphatic carbocycles. The van der Waals surface area contributed by atoms with Gasteiger partial charge >= 0.3 is 0 Å². The molecule has 0 spiro atoms. The molecule has 0 fully saturated rings. The predicted molar refractivity (Wildman–Crippen MR) is 81.7 cm³/mol. The van der Waals surface area contributed by atoms with Gasteiger partial charge in [0.25, 0.3) is 0 Å². The molecule has 0 bridgehead atoms. The van der Waals surface area contributed by atoms with E-state index in [1.54, 1.807) is 11.6 Å². The smallest absolute Gasteiger partial charge is 0.131 e. The summed E-state index contributed by atoms with van der Waals surface area (Å²) in [6.07, 6.45) is 0.0922. The first kappa shape index (κ1) is 16.0. The Kier molecular flexibility index (Phi) is 5.00. The number of aromatic nitrogens is 2. The van der Waals surface area contributed by atoms with Crippen LogP contribution in [-0.2, 0) is 20.1 Å². The van der Waals surface area contributed by atoms with Gasteiger partial charge in [-0.1, -0.05) is 6.92 Å². The van der Waals surface area contributed by atoms with E-state index in [0.29, 0.717) is 11.3 Å². The van der Waals surface area contributed by atoms with E-state index in [4.69, 9.17) is 4.74 Å². The number of hydrogen-bond donors (Lipinski definition) is 1. The summed E-state index contributed by atoms with van der Waals surface area (Å²) in [5.41, 5.74) is 2.38. The van der Waals surface area contributed by atoms with E-state index in [-0.39, 0.29) is 6.61 Å². The van der Waals surface area contributed by atoms with Crippen LogP contribution in [-0.4, -0.2) is 14.9 Å². The molecular weight excluding hydrogens is 339 g/mol. The summed E-state index contributed by atoms with van der Waals surface area (Å²) in [4.78, 5) is 0. The number of hydrogen-bond acceptors (Lipinski definition) is 3. The molecule has 21 heavy (non-hydrogen) atoms. The van der Waals surface area contributed by atoms with Gasteiger partial charge in [-0.15, -0.1) is 0 Å². The molecule has 1 N–H and O–H groups in total. The second-order valence-electron chi connectivity index (χ2n) is 4.83.